The van der Waals surface area contributed by atoms with Gasteiger partial charge in [-0.15, -0.1) is 0 Å². The van der Waals surface area contributed by atoms with Gasteiger partial charge in [-0.2, -0.15) is 0 Å². The van der Waals surface area contributed by atoms with Crippen molar-refractivity contribution >= 4 is 38.8 Å². The highest BCUT2D eigenvalue weighted by molar-refractivity contribution is 9.10. The Labute approximate surface area is 121 Å². The van der Waals surface area contributed by atoms with Gasteiger partial charge in [-0.25, -0.2) is 0 Å². The molecule has 0 radical (unpaired) electrons. The molecule has 0 spiro atoms. The molecule has 98 valence electrons. The van der Waals surface area contributed by atoms with E-state index >= 15 is 0 Å². The van der Waals surface area contributed by atoms with Gasteiger partial charge >= 0.3 is 0 Å². The molecule has 1 fully saturated rings. The number of nitrogens with two attached hydrogens (primary N) is 1. The second-order valence-electron chi connectivity index (χ2n) is 4.52. The molecule has 1 aliphatic rings. The molecule has 1 atom stereocenters. The van der Waals surface area contributed by atoms with Gasteiger partial charge in [0.25, 0.3) is 0 Å². The van der Waals surface area contributed by atoms with Crippen LogP contribution in [0.1, 0.15) is 18.4 Å². The highest BCUT2D eigenvalue weighted by atomic mass is 79.9. The van der Waals surface area contributed by atoms with E-state index in [0.717, 1.165) is 41.9 Å². The zero-order chi connectivity index (χ0) is 13.0. The Hall–Kier alpha value is -0.650. The molecule has 0 aliphatic carbocycles. The number of rotatable bonds is 4. The summed E-state index contributed by atoms with van der Waals surface area (Å²) in [5.74, 6) is 0.598. The van der Waals surface area contributed by atoms with Gasteiger partial charge in [0, 0.05) is 28.9 Å². The summed E-state index contributed by atoms with van der Waals surface area (Å²) >= 11 is 8.48. The van der Waals surface area contributed by atoms with Crippen molar-refractivity contribution in [3.63, 3.8) is 0 Å². The first-order valence-corrected chi connectivity index (χ1v) is 7.28. The van der Waals surface area contributed by atoms with E-state index in [2.05, 4.69) is 21.2 Å². The number of ether oxygens (including phenoxy) is 1. The first-order valence-electron chi connectivity index (χ1n) is 6.08. The molecule has 3 nitrogen and oxygen atoms in total. The predicted molar refractivity (Wildman–Crippen MR) is 82.1 cm³/mol. The number of thiocarbonyl (C=S) groups is 1. The molecule has 0 bridgehead atoms. The Bertz CT molecular complexity index is 433. The lowest BCUT2D eigenvalue weighted by Crippen LogP contribution is -2.24. The molecule has 1 aromatic carbocycles. The van der Waals surface area contributed by atoms with E-state index in [-0.39, 0.29) is 0 Å². The van der Waals surface area contributed by atoms with Crippen LogP contribution in [0.3, 0.4) is 0 Å². The minimum atomic E-state index is 0.419. The van der Waals surface area contributed by atoms with Gasteiger partial charge in [0.1, 0.15) is 4.99 Å². The predicted octanol–water partition coefficient (Wildman–Crippen LogP) is 2.92. The van der Waals surface area contributed by atoms with Gasteiger partial charge in [0.15, 0.2) is 0 Å². The van der Waals surface area contributed by atoms with E-state index in [1.807, 2.05) is 18.2 Å². The normalized spacial score (nSPS) is 19.5. The van der Waals surface area contributed by atoms with Crippen LogP contribution in [-0.4, -0.2) is 24.7 Å². The molecule has 3 N–H and O–H groups in total. The fourth-order valence-corrected chi connectivity index (χ4v) is 2.68. The highest BCUT2D eigenvalue weighted by Crippen LogP contribution is 2.24. The molecular weight excluding hydrogens is 312 g/mol. The molecule has 0 amide bonds. The number of nitrogens with one attached hydrogen (secondary N) is 1. The van der Waals surface area contributed by atoms with Gasteiger partial charge in [-0.1, -0.05) is 12.2 Å². The molecule has 1 saturated heterocycles. The van der Waals surface area contributed by atoms with Gasteiger partial charge in [0.05, 0.1) is 6.61 Å². The zero-order valence-corrected chi connectivity index (χ0v) is 12.5. The first-order chi connectivity index (χ1) is 8.66. The van der Waals surface area contributed by atoms with E-state index in [1.165, 1.54) is 6.42 Å². The molecule has 1 aromatic rings. The molecule has 1 aliphatic heterocycles. The maximum atomic E-state index is 5.60. The lowest BCUT2D eigenvalue weighted by Gasteiger charge is -2.23. The van der Waals surface area contributed by atoms with Crippen molar-refractivity contribution in [2.75, 3.05) is 25.1 Å². The summed E-state index contributed by atoms with van der Waals surface area (Å²) in [7, 11) is 0. The fraction of sp³-hybridized carbons (Fsp3) is 0.462. The van der Waals surface area contributed by atoms with Gasteiger partial charge < -0.3 is 15.8 Å². The molecule has 1 heterocycles. The van der Waals surface area contributed by atoms with Crippen LogP contribution >= 0.6 is 28.1 Å². The quantitative estimate of drug-likeness (QED) is 0.834. The summed E-state index contributed by atoms with van der Waals surface area (Å²) in [5.41, 5.74) is 7.55. The molecule has 2 rings (SSSR count). The van der Waals surface area contributed by atoms with Gasteiger partial charge in [-0.3, -0.25) is 0 Å². The standard InChI is InChI=1S/C13H17BrN2OS/c14-11-6-10(13(15)18)3-4-12(11)16-7-9-2-1-5-17-8-9/h3-4,6,9,16H,1-2,5,7-8H2,(H2,15,18). The van der Waals surface area contributed by atoms with E-state index in [4.69, 9.17) is 22.7 Å². The maximum absolute atomic E-state index is 5.60. The lowest BCUT2D eigenvalue weighted by atomic mass is 10.0. The van der Waals surface area contributed by atoms with E-state index < -0.39 is 0 Å². The van der Waals surface area contributed by atoms with Crippen molar-refractivity contribution < 1.29 is 4.74 Å². The number of benzene rings is 1. The molecule has 1 unspecified atom stereocenters. The van der Waals surface area contributed by atoms with Crippen molar-refractivity contribution in [1.29, 1.82) is 0 Å². The largest absolute Gasteiger partial charge is 0.389 e. The van der Waals surface area contributed by atoms with Crippen molar-refractivity contribution in [1.82, 2.24) is 0 Å². The van der Waals surface area contributed by atoms with Crippen molar-refractivity contribution in [2.24, 2.45) is 11.7 Å². The second-order valence-corrected chi connectivity index (χ2v) is 5.82. The first kappa shape index (κ1) is 13.8. The van der Waals surface area contributed by atoms with E-state index in [9.17, 15) is 0 Å². The average Bonchev–Trinajstić information content (AvgIpc) is 2.38. The van der Waals surface area contributed by atoms with Gasteiger partial charge in [0.2, 0.25) is 0 Å². The molecule has 18 heavy (non-hydrogen) atoms. The summed E-state index contributed by atoms with van der Waals surface area (Å²) in [5, 5.41) is 3.44. The average molecular weight is 329 g/mol. The van der Waals surface area contributed by atoms with Crippen LogP contribution in [0.5, 0.6) is 0 Å². The SMILES string of the molecule is NC(=S)c1ccc(NCC2CCCOC2)c(Br)c1. The maximum Gasteiger partial charge on any atom is 0.104 e. The summed E-state index contributed by atoms with van der Waals surface area (Å²) in [6.07, 6.45) is 2.39. The van der Waals surface area contributed by atoms with E-state index in [1.54, 1.807) is 0 Å². The number of hydrogen-bond donors (Lipinski definition) is 2. The number of anilines is 1. The van der Waals surface area contributed by atoms with Crippen molar-refractivity contribution in [3.8, 4) is 0 Å². The monoisotopic (exact) mass is 328 g/mol. The van der Waals surface area contributed by atoms with Crippen LogP contribution in [0.25, 0.3) is 0 Å². The number of halogens is 1. The molecule has 5 heteroatoms. The third-order valence-corrected chi connectivity index (χ3v) is 3.98. The zero-order valence-electron chi connectivity index (χ0n) is 10.1. The Kier molecular flexibility index (Phi) is 4.97. The molecule has 0 aromatic heterocycles. The van der Waals surface area contributed by atoms with Crippen LogP contribution in [0.4, 0.5) is 5.69 Å². The van der Waals surface area contributed by atoms with Crippen molar-refractivity contribution in [3.05, 3.63) is 28.2 Å². The minimum absolute atomic E-state index is 0.419. The summed E-state index contributed by atoms with van der Waals surface area (Å²) < 4.78 is 6.46. The number of hydrogen-bond acceptors (Lipinski definition) is 3. The Balaban J connectivity index is 1.94. The smallest absolute Gasteiger partial charge is 0.104 e. The minimum Gasteiger partial charge on any atom is -0.389 e. The molecular formula is C13H17BrN2OS. The van der Waals surface area contributed by atoms with E-state index in [0.29, 0.717) is 10.9 Å². The second kappa shape index (κ2) is 6.50. The Morgan fingerprint density at radius 1 is 1.56 bits per heavy atom. The Morgan fingerprint density at radius 3 is 3.00 bits per heavy atom. The van der Waals surface area contributed by atoms with Crippen LogP contribution in [-0.2, 0) is 4.74 Å². The lowest BCUT2D eigenvalue weighted by molar-refractivity contribution is 0.0595. The summed E-state index contributed by atoms with van der Waals surface area (Å²) in [6.45, 7) is 2.70. The highest BCUT2D eigenvalue weighted by Gasteiger charge is 2.14. The van der Waals surface area contributed by atoms with Gasteiger partial charge in [-0.05, 0) is 52.9 Å². The van der Waals surface area contributed by atoms with Crippen LogP contribution in [0, 0.1) is 5.92 Å². The topological polar surface area (TPSA) is 47.3 Å². The third-order valence-electron chi connectivity index (χ3n) is 3.09. The van der Waals surface area contributed by atoms with Crippen LogP contribution in [0.15, 0.2) is 22.7 Å². The third kappa shape index (κ3) is 3.67. The fourth-order valence-electron chi connectivity index (χ4n) is 2.03. The van der Waals surface area contributed by atoms with Crippen LogP contribution in [0.2, 0.25) is 0 Å². The summed E-state index contributed by atoms with van der Waals surface area (Å²) in [4.78, 5) is 0.419. The summed E-state index contributed by atoms with van der Waals surface area (Å²) in [6, 6.07) is 5.89. The Morgan fingerprint density at radius 2 is 2.39 bits per heavy atom. The van der Waals surface area contributed by atoms with Crippen molar-refractivity contribution in [2.45, 2.75) is 12.8 Å². The van der Waals surface area contributed by atoms with Crippen LogP contribution < -0.4 is 11.1 Å². The molecule has 0 saturated carbocycles.